The molecule has 0 radical (unpaired) electrons. The Morgan fingerprint density at radius 3 is 2.44 bits per heavy atom. The van der Waals surface area contributed by atoms with Crippen molar-refractivity contribution in [1.29, 1.82) is 0 Å². The first-order chi connectivity index (χ1) is 8.31. The van der Waals surface area contributed by atoms with Crippen LogP contribution in [-0.4, -0.2) is 13.1 Å². The van der Waals surface area contributed by atoms with Crippen molar-refractivity contribution in [2.75, 3.05) is 7.11 Å². The van der Waals surface area contributed by atoms with Gasteiger partial charge in [-0.25, -0.2) is 4.79 Å². The van der Waals surface area contributed by atoms with E-state index in [0.29, 0.717) is 6.42 Å². The molecule has 2 nitrogen and oxygen atoms in total. The third kappa shape index (κ3) is 3.03. The second-order valence-corrected chi connectivity index (χ2v) is 4.10. The number of carbonyl (C=O) groups excluding carboxylic acids is 1. The van der Waals surface area contributed by atoms with Crippen LogP contribution in [0.5, 0.6) is 0 Å². The summed E-state index contributed by atoms with van der Waals surface area (Å²) in [6.45, 7) is 3.54. The van der Waals surface area contributed by atoms with Crippen molar-refractivity contribution in [3.8, 4) is 0 Å². The molecule has 1 unspecified atom stereocenters. The molecule has 1 rings (SSSR count). The third-order valence-corrected chi connectivity index (χ3v) is 2.92. The predicted molar refractivity (Wildman–Crippen MR) is 61.5 cm³/mol. The number of rotatable bonds is 3. The van der Waals surface area contributed by atoms with E-state index < -0.39 is 17.7 Å². The van der Waals surface area contributed by atoms with Gasteiger partial charge in [0.05, 0.1) is 18.2 Å². The number of halogens is 3. The van der Waals surface area contributed by atoms with Crippen molar-refractivity contribution >= 4 is 5.97 Å². The van der Waals surface area contributed by atoms with Crippen LogP contribution >= 0.6 is 0 Å². The van der Waals surface area contributed by atoms with Crippen LogP contribution in [-0.2, 0) is 10.9 Å². The molecule has 0 saturated heterocycles. The van der Waals surface area contributed by atoms with Gasteiger partial charge in [0.1, 0.15) is 0 Å². The first-order valence-electron chi connectivity index (χ1n) is 5.60. The van der Waals surface area contributed by atoms with Gasteiger partial charge >= 0.3 is 12.1 Å². The Labute approximate surface area is 104 Å². The minimum atomic E-state index is -4.47. The van der Waals surface area contributed by atoms with Crippen LogP contribution in [0, 0.1) is 0 Å². The van der Waals surface area contributed by atoms with Crippen molar-refractivity contribution in [2.45, 2.75) is 32.4 Å². The lowest BCUT2D eigenvalue weighted by atomic mass is 9.92. The molecule has 1 aromatic carbocycles. The van der Waals surface area contributed by atoms with Gasteiger partial charge in [0.2, 0.25) is 0 Å². The Hall–Kier alpha value is -1.52. The molecule has 0 spiro atoms. The normalized spacial score (nSPS) is 13.2. The van der Waals surface area contributed by atoms with Gasteiger partial charge in [-0.2, -0.15) is 13.2 Å². The van der Waals surface area contributed by atoms with Gasteiger partial charge in [0.15, 0.2) is 0 Å². The largest absolute Gasteiger partial charge is 0.465 e. The topological polar surface area (TPSA) is 26.3 Å². The van der Waals surface area contributed by atoms with E-state index in [9.17, 15) is 18.0 Å². The van der Waals surface area contributed by atoms with Crippen molar-refractivity contribution in [3.05, 3.63) is 34.9 Å². The summed E-state index contributed by atoms with van der Waals surface area (Å²) in [5.41, 5.74) is -0.644. The molecule has 1 atom stereocenters. The number of carbonyl (C=O) groups is 1. The molecular weight excluding hydrogens is 245 g/mol. The van der Waals surface area contributed by atoms with Crippen LogP contribution < -0.4 is 0 Å². The van der Waals surface area contributed by atoms with Crippen LogP contribution in [0.4, 0.5) is 13.2 Å². The quantitative estimate of drug-likeness (QED) is 0.768. The van der Waals surface area contributed by atoms with Gasteiger partial charge in [-0.1, -0.05) is 19.9 Å². The zero-order chi connectivity index (χ0) is 13.9. The zero-order valence-corrected chi connectivity index (χ0v) is 10.5. The minimum absolute atomic E-state index is 0.0862. The molecule has 5 heteroatoms. The Balaban J connectivity index is 3.34. The van der Waals surface area contributed by atoms with Crippen molar-refractivity contribution in [1.82, 2.24) is 0 Å². The molecule has 0 aliphatic carbocycles. The van der Waals surface area contributed by atoms with Gasteiger partial charge in [0.25, 0.3) is 0 Å². The summed E-state index contributed by atoms with van der Waals surface area (Å²) < 4.78 is 43.2. The monoisotopic (exact) mass is 260 g/mol. The molecule has 0 heterocycles. The summed E-state index contributed by atoms with van der Waals surface area (Å²) in [4.78, 5) is 11.3. The van der Waals surface area contributed by atoms with Crippen LogP contribution in [0.2, 0.25) is 0 Å². The smallest absolute Gasteiger partial charge is 0.416 e. The zero-order valence-electron chi connectivity index (χ0n) is 10.5. The highest BCUT2D eigenvalue weighted by Crippen LogP contribution is 2.36. The first kappa shape index (κ1) is 14.5. The highest BCUT2D eigenvalue weighted by atomic mass is 19.4. The van der Waals surface area contributed by atoms with Gasteiger partial charge < -0.3 is 4.74 Å². The van der Waals surface area contributed by atoms with E-state index in [1.807, 2.05) is 6.92 Å². The van der Waals surface area contributed by atoms with Crippen molar-refractivity contribution in [3.63, 3.8) is 0 Å². The fourth-order valence-corrected chi connectivity index (χ4v) is 1.70. The van der Waals surface area contributed by atoms with Crippen LogP contribution in [0.15, 0.2) is 18.2 Å². The molecule has 0 N–H and O–H groups in total. The average molecular weight is 260 g/mol. The molecule has 18 heavy (non-hydrogen) atoms. The molecule has 0 amide bonds. The summed E-state index contributed by atoms with van der Waals surface area (Å²) >= 11 is 0. The molecule has 0 saturated carbocycles. The van der Waals surface area contributed by atoms with Gasteiger partial charge in [-0.05, 0) is 30.0 Å². The summed E-state index contributed by atoms with van der Waals surface area (Å²) in [6.07, 6.45) is -3.87. The minimum Gasteiger partial charge on any atom is -0.465 e. The Kier molecular flexibility index (Phi) is 4.38. The SMILES string of the molecule is CCC(C)c1ccc(C(=O)OC)cc1C(F)(F)F. The summed E-state index contributed by atoms with van der Waals surface area (Å²) in [5.74, 6) is -0.982. The maximum Gasteiger partial charge on any atom is 0.416 e. The molecule has 0 bridgehead atoms. The van der Waals surface area contributed by atoms with E-state index in [1.54, 1.807) is 6.92 Å². The van der Waals surface area contributed by atoms with Crippen LogP contribution in [0.25, 0.3) is 0 Å². The number of ether oxygens (including phenoxy) is 1. The standard InChI is InChI=1S/C13H15F3O2/c1-4-8(2)10-6-5-9(12(17)18-3)7-11(10)13(14,15)16/h5-8H,4H2,1-3H3. The highest BCUT2D eigenvalue weighted by molar-refractivity contribution is 5.89. The van der Waals surface area contributed by atoms with Crippen molar-refractivity contribution < 1.29 is 22.7 Å². The molecule has 0 aromatic heterocycles. The third-order valence-electron chi connectivity index (χ3n) is 2.92. The van der Waals surface area contributed by atoms with Crippen molar-refractivity contribution in [2.24, 2.45) is 0 Å². The molecule has 100 valence electrons. The summed E-state index contributed by atoms with van der Waals surface area (Å²) in [5, 5.41) is 0. The maximum absolute atomic E-state index is 12.9. The van der Waals surface area contributed by atoms with Gasteiger partial charge in [-0.3, -0.25) is 0 Å². The van der Waals surface area contributed by atoms with E-state index >= 15 is 0 Å². The van der Waals surface area contributed by atoms with Gasteiger partial charge in [0, 0.05) is 0 Å². The van der Waals surface area contributed by atoms with E-state index in [-0.39, 0.29) is 17.0 Å². The Morgan fingerprint density at radius 1 is 1.39 bits per heavy atom. The predicted octanol–water partition coefficient (Wildman–Crippen LogP) is 4.01. The molecule has 1 aromatic rings. The molecule has 0 aliphatic heterocycles. The number of hydrogen-bond donors (Lipinski definition) is 0. The number of alkyl halides is 3. The number of hydrogen-bond acceptors (Lipinski definition) is 2. The first-order valence-corrected chi connectivity index (χ1v) is 5.60. The van der Waals surface area contributed by atoms with E-state index in [0.717, 1.165) is 13.2 Å². The lowest BCUT2D eigenvalue weighted by Gasteiger charge is -2.18. The lowest BCUT2D eigenvalue weighted by molar-refractivity contribution is -0.138. The van der Waals surface area contributed by atoms with Gasteiger partial charge in [-0.15, -0.1) is 0 Å². The van der Waals surface area contributed by atoms with E-state index in [2.05, 4.69) is 4.74 Å². The fraction of sp³-hybridized carbons (Fsp3) is 0.462. The number of methoxy groups -OCH3 is 1. The molecular formula is C13H15F3O2. The van der Waals surface area contributed by atoms with Crippen LogP contribution in [0.3, 0.4) is 0 Å². The Morgan fingerprint density at radius 2 is 2.00 bits per heavy atom. The fourth-order valence-electron chi connectivity index (χ4n) is 1.70. The molecule has 0 fully saturated rings. The summed E-state index contributed by atoms with van der Waals surface area (Å²) in [7, 11) is 1.14. The van der Waals surface area contributed by atoms with E-state index in [4.69, 9.17) is 0 Å². The second-order valence-electron chi connectivity index (χ2n) is 4.10. The maximum atomic E-state index is 12.9. The summed E-state index contributed by atoms with van der Waals surface area (Å²) in [6, 6.07) is 3.57. The highest BCUT2D eigenvalue weighted by Gasteiger charge is 2.35. The number of esters is 1. The van der Waals surface area contributed by atoms with E-state index in [1.165, 1.54) is 12.1 Å². The average Bonchev–Trinajstić information content (AvgIpc) is 2.35. The Bertz CT molecular complexity index is 438. The van der Waals surface area contributed by atoms with Crippen LogP contribution in [0.1, 0.15) is 47.7 Å². The lowest BCUT2D eigenvalue weighted by Crippen LogP contribution is -2.13. The molecule has 0 aliphatic rings. The second kappa shape index (κ2) is 5.42. The number of benzene rings is 1.